The quantitative estimate of drug-likeness (QED) is 0.547. The van der Waals surface area contributed by atoms with Gasteiger partial charge < -0.3 is 10.3 Å². The van der Waals surface area contributed by atoms with Crippen molar-refractivity contribution in [2.24, 2.45) is 5.84 Å². The van der Waals surface area contributed by atoms with Crippen molar-refractivity contribution in [2.75, 3.05) is 17.4 Å². The van der Waals surface area contributed by atoms with Crippen molar-refractivity contribution >= 4 is 11.6 Å². The predicted octanol–water partition coefficient (Wildman–Crippen LogP) is 0.751. The van der Waals surface area contributed by atoms with Gasteiger partial charge in [-0.15, -0.1) is 0 Å². The summed E-state index contributed by atoms with van der Waals surface area (Å²) in [7, 11) is 2.05. The number of hydrogen-bond donors (Lipinski definition) is 2. The van der Waals surface area contributed by atoms with Crippen LogP contribution in [0.3, 0.4) is 0 Å². The van der Waals surface area contributed by atoms with Crippen LogP contribution in [0.15, 0.2) is 12.4 Å². The molecule has 14 heavy (non-hydrogen) atoms. The Morgan fingerprint density at radius 2 is 2.29 bits per heavy atom. The van der Waals surface area contributed by atoms with Crippen LogP contribution in [0.4, 0.5) is 11.6 Å². The summed E-state index contributed by atoms with van der Waals surface area (Å²) < 4.78 is 0. The maximum absolute atomic E-state index is 5.27. The van der Waals surface area contributed by atoms with E-state index in [9.17, 15) is 0 Å². The largest absolute Gasteiger partial charge is 0.355 e. The van der Waals surface area contributed by atoms with E-state index in [-0.39, 0.29) is 0 Å². The van der Waals surface area contributed by atoms with E-state index in [2.05, 4.69) is 20.3 Å². The van der Waals surface area contributed by atoms with Crippen molar-refractivity contribution < 1.29 is 0 Å². The topological polar surface area (TPSA) is 67.1 Å². The van der Waals surface area contributed by atoms with Gasteiger partial charge in [0.15, 0.2) is 5.82 Å². The fourth-order valence-electron chi connectivity index (χ4n) is 1.56. The molecule has 1 fully saturated rings. The zero-order valence-electron chi connectivity index (χ0n) is 8.27. The van der Waals surface area contributed by atoms with Gasteiger partial charge in [-0.3, -0.25) is 4.98 Å². The molecule has 1 aliphatic rings. The van der Waals surface area contributed by atoms with E-state index in [1.807, 2.05) is 7.05 Å². The smallest absolute Gasteiger partial charge is 0.160 e. The molecule has 0 bridgehead atoms. The Labute approximate surface area is 83.3 Å². The van der Waals surface area contributed by atoms with E-state index < -0.39 is 0 Å². The molecular weight excluding hydrogens is 178 g/mol. The van der Waals surface area contributed by atoms with Gasteiger partial charge in [0.1, 0.15) is 5.82 Å². The molecule has 0 amide bonds. The summed E-state index contributed by atoms with van der Waals surface area (Å²) in [5, 5.41) is 0. The number of anilines is 2. The first kappa shape index (κ1) is 9.21. The van der Waals surface area contributed by atoms with Gasteiger partial charge in [-0.05, 0) is 19.3 Å². The number of nitrogens with two attached hydrogens (primary N) is 1. The third-order valence-electron chi connectivity index (χ3n) is 2.75. The molecule has 0 atom stereocenters. The molecule has 0 aliphatic heterocycles. The summed E-state index contributed by atoms with van der Waals surface area (Å²) in [4.78, 5) is 10.6. The standard InChI is InChI=1S/C9H15N5/c1-14(7-3-2-4-7)9-6-11-5-8(12-9)13-10/h5-7H,2-4,10H2,1H3,(H,12,13). The normalized spacial score (nSPS) is 16.1. The van der Waals surface area contributed by atoms with Gasteiger partial charge in [-0.25, -0.2) is 10.8 Å². The average molecular weight is 193 g/mol. The Bertz CT molecular complexity index is 310. The third kappa shape index (κ3) is 1.63. The Morgan fingerprint density at radius 3 is 2.86 bits per heavy atom. The van der Waals surface area contributed by atoms with Crippen LogP contribution in [0.5, 0.6) is 0 Å². The van der Waals surface area contributed by atoms with E-state index in [0.29, 0.717) is 11.9 Å². The van der Waals surface area contributed by atoms with Crippen LogP contribution < -0.4 is 16.2 Å². The molecular formula is C9H15N5. The molecule has 1 saturated carbocycles. The highest BCUT2D eigenvalue weighted by Gasteiger charge is 2.23. The van der Waals surface area contributed by atoms with Gasteiger partial charge in [-0.2, -0.15) is 0 Å². The Balaban J connectivity index is 2.13. The molecule has 5 nitrogen and oxygen atoms in total. The number of nitrogen functional groups attached to an aromatic ring is 1. The molecule has 1 aromatic heterocycles. The van der Waals surface area contributed by atoms with Crippen molar-refractivity contribution in [3.05, 3.63) is 12.4 Å². The van der Waals surface area contributed by atoms with Crippen molar-refractivity contribution in [1.29, 1.82) is 0 Å². The Kier molecular flexibility index (Phi) is 2.49. The third-order valence-corrected chi connectivity index (χ3v) is 2.75. The average Bonchev–Trinajstić information content (AvgIpc) is 2.15. The van der Waals surface area contributed by atoms with Crippen LogP contribution in [0.1, 0.15) is 19.3 Å². The van der Waals surface area contributed by atoms with Gasteiger partial charge in [0.2, 0.25) is 0 Å². The first-order valence-corrected chi connectivity index (χ1v) is 4.83. The monoisotopic (exact) mass is 193 g/mol. The molecule has 5 heteroatoms. The lowest BCUT2D eigenvalue weighted by molar-refractivity contribution is 0.399. The first-order chi connectivity index (χ1) is 6.81. The first-order valence-electron chi connectivity index (χ1n) is 4.83. The van der Waals surface area contributed by atoms with E-state index in [1.54, 1.807) is 12.4 Å². The molecule has 0 radical (unpaired) electrons. The molecule has 1 aliphatic carbocycles. The van der Waals surface area contributed by atoms with E-state index >= 15 is 0 Å². The molecule has 2 rings (SSSR count). The van der Waals surface area contributed by atoms with Crippen molar-refractivity contribution in [3.8, 4) is 0 Å². The lowest BCUT2D eigenvalue weighted by Crippen LogP contribution is -2.37. The summed E-state index contributed by atoms with van der Waals surface area (Å²) in [5.74, 6) is 6.76. The predicted molar refractivity (Wildman–Crippen MR) is 55.9 cm³/mol. The van der Waals surface area contributed by atoms with Gasteiger partial charge in [-0.1, -0.05) is 0 Å². The molecule has 76 valence electrons. The highest BCUT2D eigenvalue weighted by molar-refractivity contribution is 5.43. The summed E-state index contributed by atoms with van der Waals surface area (Å²) >= 11 is 0. The second-order valence-corrected chi connectivity index (χ2v) is 3.60. The van der Waals surface area contributed by atoms with Crippen LogP contribution in [0, 0.1) is 0 Å². The minimum absolute atomic E-state index is 0.605. The molecule has 0 unspecified atom stereocenters. The lowest BCUT2D eigenvalue weighted by atomic mass is 9.92. The van der Waals surface area contributed by atoms with Crippen LogP contribution in [0.25, 0.3) is 0 Å². The van der Waals surface area contributed by atoms with Crippen molar-refractivity contribution in [2.45, 2.75) is 25.3 Å². The van der Waals surface area contributed by atoms with Gasteiger partial charge in [0.05, 0.1) is 12.4 Å². The minimum atomic E-state index is 0.605. The summed E-state index contributed by atoms with van der Waals surface area (Å²) in [6.07, 6.45) is 7.19. The molecule has 0 aromatic carbocycles. The summed E-state index contributed by atoms with van der Waals surface area (Å²) in [5.41, 5.74) is 2.50. The summed E-state index contributed by atoms with van der Waals surface area (Å²) in [6.45, 7) is 0. The van der Waals surface area contributed by atoms with E-state index in [4.69, 9.17) is 5.84 Å². The minimum Gasteiger partial charge on any atom is -0.355 e. The molecule has 0 spiro atoms. The Morgan fingerprint density at radius 1 is 1.50 bits per heavy atom. The van der Waals surface area contributed by atoms with Crippen LogP contribution in [0.2, 0.25) is 0 Å². The molecule has 1 heterocycles. The number of nitrogens with one attached hydrogen (secondary N) is 1. The number of nitrogens with zero attached hydrogens (tertiary/aromatic N) is 3. The van der Waals surface area contributed by atoms with Crippen molar-refractivity contribution in [1.82, 2.24) is 9.97 Å². The van der Waals surface area contributed by atoms with Gasteiger partial charge >= 0.3 is 0 Å². The second kappa shape index (κ2) is 3.79. The lowest BCUT2D eigenvalue weighted by Gasteiger charge is -2.35. The van der Waals surface area contributed by atoms with Gasteiger partial charge in [0.25, 0.3) is 0 Å². The molecule has 1 aromatic rings. The highest BCUT2D eigenvalue weighted by Crippen LogP contribution is 2.26. The SMILES string of the molecule is CN(c1cncc(NN)n1)C1CCC1. The van der Waals surface area contributed by atoms with Crippen molar-refractivity contribution in [3.63, 3.8) is 0 Å². The van der Waals surface area contributed by atoms with Crippen LogP contribution in [-0.2, 0) is 0 Å². The number of hydrazine groups is 1. The number of hydrogen-bond acceptors (Lipinski definition) is 5. The zero-order chi connectivity index (χ0) is 9.97. The fraction of sp³-hybridized carbons (Fsp3) is 0.556. The highest BCUT2D eigenvalue weighted by atomic mass is 15.3. The second-order valence-electron chi connectivity index (χ2n) is 3.60. The van der Waals surface area contributed by atoms with E-state index in [0.717, 1.165) is 5.82 Å². The Hall–Kier alpha value is -1.36. The number of aromatic nitrogens is 2. The van der Waals surface area contributed by atoms with E-state index in [1.165, 1.54) is 19.3 Å². The molecule has 3 N–H and O–H groups in total. The number of rotatable bonds is 3. The van der Waals surface area contributed by atoms with Crippen LogP contribution >= 0.6 is 0 Å². The zero-order valence-corrected chi connectivity index (χ0v) is 8.27. The van der Waals surface area contributed by atoms with Gasteiger partial charge in [0, 0.05) is 13.1 Å². The fourth-order valence-corrected chi connectivity index (χ4v) is 1.56. The summed E-state index contributed by atoms with van der Waals surface area (Å²) in [6, 6.07) is 0.623. The van der Waals surface area contributed by atoms with Crippen LogP contribution in [-0.4, -0.2) is 23.1 Å². The molecule has 0 saturated heterocycles. The maximum Gasteiger partial charge on any atom is 0.160 e. The maximum atomic E-state index is 5.27.